The average molecular weight is 204 g/mol. The van der Waals surface area contributed by atoms with Crippen molar-refractivity contribution in [3.05, 3.63) is 34.7 Å². The zero-order chi connectivity index (χ0) is 10.1. The van der Waals surface area contributed by atoms with Gasteiger partial charge in [-0.15, -0.1) is 11.3 Å². The van der Waals surface area contributed by atoms with Crippen LogP contribution in [0.3, 0.4) is 0 Å². The van der Waals surface area contributed by atoms with Crippen molar-refractivity contribution in [2.75, 3.05) is 0 Å². The first-order valence-corrected chi connectivity index (χ1v) is 5.96. The van der Waals surface area contributed by atoms with E-state index in [0.717, 1.165) is 5.92 Å². The van der Waals surface area contributed by atoms with E-state index in [9.17, 15) is 0 Å². The second kappa shape index (κ2) is 3.74. The molecule has 1 heteroatoms. The predicted molar refractivity (Wildman–Crippen MR) is 65.1 cm³/mol. The quantitative estimate of drug-likeness (QED) is 0.680. The van der Waals surface area contributed by atoms with Crippen LogP contribution in [0.1, 0.15) is 24.3 Å². The Bertz CT molecular complexity index is 437. The van der Waals surface area contributed by atoms with Gasteiger partial charge in [0.15, 0.2) is 0 Å². The SMILES string of the molecule is Cc1cc2ccc(CC(C)C)cc2s1. The molecule has 0 aliphatic carbocycles. The fraction of sp³-hybridized carbons (Fsp3) is 0.385. The predicted octanol–water partition coefficient (Wildman–Crippen LogP) is 4.41. The Morgan fingerprint density at radius 1 is 1.21 bits per heavy atom. The van der Waals surface area contributed by atoms with Gasteiger partial charge < -0.3 is 0 Å². The van der Waals surface area contributed by atoms with Crippen LogP contribution in [0.5, 0.6) is 0 Å². The van der Waals surface area contributed by atoms with Gasteiger partial charge in [-0.2, -0.15) is 0 Å². The van der Waals surface area contributed by atoms with Crippen LogP contribution in [0.25, 0.3) is 10.1 Å². The molecule has 0 aliphatic rings. The molecule has 0 aliphatic heterocycles. The number of benzene rings is 1. The molecule has 0 radical (unpaired) electrons. The van der Waals surface area contributed by atoms with Gasteiger partial charge in [-0.1, -0.05) is 26.0 Å². The molecule has 0 saturated heterocycles. The van der Waals surface area contributed by atoms with E-state index < -0.39 is 0 Å². The zero-order valence-electron chi connectivity index (χ0n) is 9.00. The maximum absolute atomic E-state index is 2.34. The molecule has 0 saturated carbocycles. The number of thiophene rings is 1. The molecule has 1 aromatic carbocycles. The molecule has 1 heterocycles. The fourth-order valence-electron chi connectivity index (χ4n) is 1.81. The first-order chi connectivity index (χ1) is 6.65. The Kier molecular flexibility index (Phi) is 2.60. The molecule has 74 valence electrons. The van der Waals surface area contributed by atoms with Gasteiger partial charge in [0.1, 0.15) is 0 Å². The van der Waals surface area contributed by atoms with Crippen LogP contribution < -0.4 is 0 Å². The number of rotatable bonds is 2. The molecule has 0 N–H and O–H groups in total. The summed E-state index contributed by atoms with van der Waals surface area (Å²) in [5.74, 6) is 0.744. The van der Waals surface area contributed by atoms with Crippen LogP contribution in [-0.4, -0.2) is 0 Å². The van der Waals surface area contributed by atoms with Gasteiger partial charge in [0, 0.05) is 9.58 Å². The Labute approximate surface area is 89.6 Å². The van der Waals surface area contributed by atoms with Gasteiger partial charge in [-0.05, 0) is 42.3 Å². The molecule has 14 heavy (non-hydrogen) atoms. The van der Waals surface area contributed by atoms with Crippen LogP contribution in [0.15, 0.2) is 24.3 Å². The van der Waals surface area contributed by atoms with Crippen molar-refractivity contribution in [1.82, 2.24) is 0 Å². The summed E-state index contributed by atoms with van der Waals surface area (Å²) >= 11 is 1.89. The molecule has 0 amide bonds. The number of aryl methyl sites for hydroxylation is 1. The lowest BCUT2D eigenvalue weighted by Crippen LogP contribution is -1.92. The summed E-state index contributed by atoms with van der Waals surface area (Å²) in [4.78, 5) is 1.40. The van der Waals surface area contributed by atoms with Crippen LogP contribution >= 0.6 is 11.3 Å². The number of hydrogen-bond acceptors (Lipinski definition) is 1. The molecule has 0 fully saturated rings. The summed E-state index contributed by atoms with van der Waals surface area (Å²) in [6, 6.07) is 9.11. The van der Waals surface area contributed by atoms with Crippen LogP contribution in [0.4, 0.5) is 0 Å². The Balaban J connectivity index is 2.40. The highest BCUT2D eigenvalue weighted by Crippen LogP contribution is 2.26. The Morgan fingerprint density at radius 3 is 2.71 bits per heavy atom. The van der Waals surface area contributed by atoms with Crippen molar-refractivity contribution in [3.63, 3.8) is 0 Å². The van der Waals surface area contributed by atoms with Crippen molar-refractivity contribution in [1.29, 1.82) is 0 Å². The molecule has 0 nitrogen and oxygen atoms in total. The third-order valence-electron chi connectivity index (χ3n) is 2.35. The summed E-state index contributed by atoms with van der Waals surface area (Å²) in [7, 11) is 0. The van der Waals surface area contributed by atoms with Crippen molar-refractivity contribution < 1.29 is 0 Å². The van der Waals surface area contributed by atoms with E-state index in [0.29, 0.717) is 0 Å². The summed E-state index contributed by atoms with van der Waals surface area (Å²) in [6.07, 6.45) is 1.19. The standard InChI is InChI=1S/C13H16S/c1-9(2)6-11-4-5-12-7-10(3)14-13(12)8-11/h4-5,7-9H,6H2,1-3H3. The summed E-state index contributed by atoms with van der Waals surface area (Å²) < 4.78 is 1.43. The van der Waals surface area contributed by atoms with E-state index in [1.807, 2.05) is 11.3 Å². The topological polar surface area (TPSA) is 0 Å². The highest BCUT2D eigenvalue weighted by molar-refractivity contribution is 7.19. The van der Waals surface area contributed by atoms with Crippen molar-refractivity contribution >= 4 is 21.4 Å². The van der Waals surface area contributed by atoms with Gasteiger partial charge >= 0.3 is 0 Å². The van der Waals surface area contributed by atoms with Crippen molar-refractivity contribution in [3.8, 4) is 0 Å². The molecule has 0 unspecified atom stereocenters. The van der Waals surface area contributed by atoms with E-state index >= 15 is 0 Å². The molecule has 0 atom stereocenters. The van der Waals surface area contributed by atoms with Crippen LogP contribution in [-0.2, 0) is 6.42 Å². The second-order valence-corrected chi connectivity index (χ2v) is 5.62. The highest BCUT2D eigenvalue weighted by atomic mass is 32.1. The summed E-state index contributed by atoms with van der Waals surface area (Å²) in [5.41, 5.74) is 1.47. The van der Waals surface area contributed by atoms with E-state index in [4.69, 9.17) is 0 Å². The molecule has 0 spiro atoms. The minimum Gasteiger partial charge on any atom is -0.141 e. The third-order valence-corrected chi connectivity index (χ3v) is 3.36. The normalized spacial score (nSPS) is 11.4. The molecular formula is C13H16S. The zero-order valence-corrected chi connectivity index (χ0v) is 9.82. The van der Waals surface area contributed by atoms with E-state index in [2.05, 4.69) is 45.0 Å². The maximum atomic E-state index is 2.34. The lowest BCUT2D eigenvalue weighted by Gasteiger charge is -2.04. The lowest BCUT2D eigenvalue weighted by atomic mass is 10.0. The van der Waals surface area contributed by atoms with Crippen LogP contribution in [0.2, 0.25) is 0 Å². The highest BCUT2D eigenvalue weighted by Gasteiger charge is 2.01. The van der Waals surface area contributed by atoms with Gasteiger partial charge in [-0.3, -0.25) is 0 Å². The fourth-order valence-corrected chi connectivity index (χ4v) is 2.79. The third kappa shape index (κ3) is 1.98. The molecule has 0 bridgehead atoms. The first-order valence-electron chi connectivity index (χ1n) is 5.14. The molecular weight excluding hydrogens is 188 g/mol. The van der Waals surface area contributed by atoms with E-state index in [1.165, 1.54) is 26.9 Å². The molecule has 2 aromatic rings. The monoisotopic (exact) mass is 204 g/mol. The van der Waals surface area contributed by atoms with Gasteiger partial charge in [0.2, 0.25) is 0 Å². The van der Waals surface area contributed by atoms with Crippen LogP contribution in [0, 0.1) is 12.8 Å². The maximum Gasteiger partial charge on any atom is 0.0348 e. The Morgan fingerprint density at radius 2 is 2.00 bits per heavy atom. The van der Waals surface area contributed by atoms with Gasteiger partial charge in [-0.25, -0.2) is 0 Å². The van der Waals surface area contributed by atoms with E-state index in [-0.39, 0.29) is 0 Å². The Hall–Kier alpha value is -0.820. The molecule has 2 rings (SSSR count). The minimum atomic E-state index is 0.744. The number of hydrogen-bond donors (Lipinski definition) is 0. The van der Waals surface area contributed by atoms with Gasteiger partial charge in [0.05, 0.1) is 0 Å². The minimum absolute atomic E-state index is 0.744. The number of fused-ring (bicyclic) bond motifs is 1. The second-order valence-electron chi connectivity index (χ2n) is 4.33. The summed E-state index contributed by atoms with van der Waals surface area (Å²) in [6.45, 7) is 6.71. The lowest BCUT2D eigenvalue weighted by molar-refractivity contribution is 0.648. The average Bonchev–Trinajstić information content (AvgIpc) is 2.42. The summed E-state index contributed by atoms with van der Waals surface area (Å²) in [5, 5.41) is 1.39. The van der Waals surface area contributed by atoms with Crippen molar-refractivity contribution in [2.24, 2.45) is 5.92 Å². The first kappa shape index (κ1) is 9.72. The smallest absolute Gasteiger partial charge is 0.0348 e. The molecule has 1 aromatic heterocycles. The van der Waals surface area contributed by atoms with Crippen molar-refractivity contribution in [2.45, 2.75) is 27.2 Å². The van der Waals surface area contributed by atoms with Gasteiger partial charge in [0.25, 0.3) is 0 Å². The largest absolute Gasteiger partial charge is 0.141 e. The van der Waals surface area contributed by atoms with E-state index in [1.54, 1.807) is 0 Å².